The summed E-state index contributed by atoms with van der Waals surface area (Å²) in [6.45, 7) is 4.92. The van der Waals surface area contributed by atoms with Crippen LogP contribution in [0.25, 0.3) is 10.1 Å². The van der Waals surface area contributed by atoms with E-state index >= 15 is 0 Å². The fourth-order valence-corrected chi connectivity index (χ4v) is 4.07. The van der Waals surface area contributed by atoms with Crippen LogP contribution in [0.15, 0.2) is 18.2 Å². The molecule has 0 unspecified atom stereocenters. The monoisotopic (exact) mass is 292 g/mol. The Morgan fingerprint density at radius 2 is 2.20 bits per heavy atom. The predicted octanol–water partition coefficient (Wildman–Crippen LogP) is 3.74. The third-order valence-corrected chi connectivity index (χ3v) is 5.21. The Labute approximate surface area is 123 Å². The molecule has 2 aromatic rings. The molecule has 1 N–H and O–H groups in total. The minimum atomic E-state index is -0.0806. The van der Waals surface area contributed by atoms with Crippen LogP contribution in [-0.2, 0) is 13.1 Å². The van der Waals surface area contributed by atoms with Gasteiger partial charge in [-0.25, -0.2) is 4.39 Å². The van der Waals surface area contributed by atoms with Gasteiger partial charge in [0.25, 0.3) is 0 Å². The van der Waals surface area contributed by atoms with Crippen molar-refractivity contribution in [1.29, 1.82) is 0 Å². The first-order chi connectivity index (χ1) is 9.74. The molecule has 0 bridgehead atoms. The van der Waals surface area contributed by atoms with Crippen LogP contribution in [0.2, 0.25) is 0 Å². The second-order valence-corrected chi connectivity index (χ2v) is 6.58. The number of hydrogen-bond donors (Lipinski definition) is 1. The summed E-state index contributed by atoms with van der Waals surface area (Å²) in [5.41, 5.74) is 1.19. The van der Waals surface area contributed by atoms with Crippen LogP contribution < -0.4 is 5.32 Å². The molecule has 0 aliphatic heterocycles. The van der Waals surface area contributed by atoms with E-state index in [1.165, 1.54) is 23.3 Å². The summed E-state index contributed by atoms with van der Waals surface area (Å²) >= 11 is 1.72. The normalized spacial score (nSPS) is 15.4. The summed E-state index contributed by atoms with van der Waals surface area (Å²) in [4.78, 5) is 3.75. The van der Waals surface area contributed by atoms with Crippen LogP contribution in [-0.4, -0.2) is 24.5 Å². The van der Waals surface area contributed by atoms with Crippen LogP contribution >= 0.6 is 11.3 Å². The van der Waals surface area contributed by atoms with E-state index in [-0.39, 0.29) is 5.82 Å². The highest BCUT2D eigenvalue weighted by molar-refractivity contribution is 7.19. The predicted molar refractivity (Wildman–Crippen MR) is 83.7 cm³/mol. The number of nitrogens with zero attached hydrogens (tertiary/aromatic N) is 1. The van der Waals surface area contributed by atoms with E-state index in [9.17, 15) is 4.39 Å². The van der Waals surface area contributed by atoms with E-state index in [4.69, 9.17) is 0 Å². The summed E-state index contributed by atoms with van der Waals surface area (Å²) in [7, 11) is 1.95. The van der Waals surface area contributed by atoms with E-state index in [2.05, 4.69) is 17.1 Å². The van der Waals surface area contributed by atoms with Crippen LogP contribution in [0.4, 0.5) is 4.39 Å². The van der Waals surface area contributed by atoms with Crippen molar-refractivity contribution in [1.82, 2.24) is 10.2 Å². The summed E-state index contributed by atoms with van der Waals surface area (Å²) in [6, 6.07) is 6.12. The molecular weight excluding hydrogens is 271 g/mol. The number of hydrogen-bond acceptors (Lipinski definition) is 3. The molecule has 1 aromatic carbocycles. The lowest BCUT2D eigenvalue weighted by Crippen LogP contribution is -2.25. The van der Waals surface area contributed by atoms with Crippen molar-refractivity contribution in [2.45, 2.75) is 38.9 Å². The molecule has 0 radical (unpaired) electrons. The Balaban J connectivity index is 2.03. The molecular formula is C16H21FN2S. The Morgan fingerprint density at radius 1 is 1.40 bits per heavy atom. The highest BCUT2D eigenvalue weighted by Gasteiger charge is 2.29. The molecule has 0 saturated heterocycles. The van der Waals surface area contributed by atoms with Gasteiger partial charge in [-0.05, 0) is 44.1 Å². The fraction of sp³-hybridized carbons (Fsp3) is 0.500. The maximum Gasteiger partial charge on any atom is 0.132 e. The minimum Gasteiger partial charge on any atom is -0.315 e. The zero-order valence-electron chi connectivity index (χ0n) is 12.1. The van der Waals surface area contributed by atoms with Crippen molar-refractivity contribution in [3.63, 3.8) is 0 Å². The van der Waals surface area contributed by atoms with Gasteiger partial charge in [0.05, 0.1) is 0 Å². The molecule has 1 heterocycles. The quantitative estimate of drug-likeness (QED) is 0.872. The third-order valence-electron chi connectivity index (χ3n) is 4.01. The Bertz CT molecular complexity index is 604. The molecule has 1 saturated carbocycles. The molecule has 3 rings (SSSR count). The van der Waals surface area contributed by atoms with Gasteiger partial charge in [0.1, 0.15) is 5.82 Å². The number of nitrogens with one attached hydrogen (secondary N) is 1. The Hall–Kier alpha value is -0.970. The number of fused-ring (bicyclic) bond motifs is 1. The number of halogens is 1. The summed E-state index contributed by atoms with van der Waals surface area (Å²) in [6.07, 6.45) is 2.58. The molecule has 1 fully saturated rings. The third kappa shape index (κ3) is 2.60. The first-order valence-electron chi connectivity index (χ1n) is 7.32. The van der Waals surface area contributed by atoms with E-state index in [1.807, 2.05) is 13.1 Å². The van der Waals surface area contributed by atoms with Gasteiger partial charge in [0.2, 0.25) is 0 Å². The van der Waals surface area contributed by atoms with Gasteiger partial charge in [0, 0.05) is 34.1 Å². The van der Waals surface area contributed by atoms with Crippen molar-refractivity contribution in [2.75, 3.05) is 13.6 Å². The van der Waals surface area contributed by atoms with Gasteiger partial charge in [-0.15, -0.1) is 11.3 Å². The molecule has 1 aliphatic rings. The van der Waals surface area contributed by atoms with Crippen LogP contribution in [0, 0.1) is 5.82 Å². The Kier molecular flexibility index (Phi) is 4.06. The molecule has 4 heteroatoms. The summed E-state index contributed by atoms with van der Waals surface area (Å²) in [5.74, 6) is -0.0806. The van der Waals surface area contributed by atoms with Gasteiger partial charge in [0.15, 0.2) is 0 Å². The average molecular weight is 292 g/mol. The largest absolute Gasteiger partial charge is 0.315 e. The van der Waals surface area contributed by atoms with Gasteiger partial charge in [-0.1, -0.05) is 13.0 Å². The van der Waals surface area contributed by atoms with Crippen molar-refractivity contribution >= 4 is 21.4 Å². The first kappa shape index (κ1) is 14.0. The lowest BCUT2D eigenvalue weighted by Gasteiger charge is -2.20. The van der Waals surface area contributed by atoms with Crippen molar-refractivity contribution in [2.24, 2.45) is 0 Å². The molecule has 20 heavy (non-hydrogen) atoms. The fourth-order valence-electron chi connectivity index (χ4n) is 2.83. The minimum absolute atomic E-state index is 0.0806. The molecule has 0 spiro atoms. The van der Waals surface area contributed by atoms with E-state index in [0.717, 1.165) is 29.7 Å². The SMILES string of the molecule is CCN(Cc1c(CNC)sc2cccc(F)c12)C1CC1. The lowest BCUT2D eigenvalue weighted by molar-refractivity contribution is 0.269. The smallest absolute Gasteiger partial charge is 0.132 e. The Morgan fingerprint density at radius 3 is 2.85 bits per heavy atom. The van der Waals surface area contributed by atoms with Crippen molar-refractivity contribution in [3.8, 4) is 0 Å². The summed E-state index contributed by atoms with van der Waals surface area (Å²) in [5, 5.41) is 4.05. The van der Waals surface area contributed by atoms with E-state index < -0.39 is 0 Å². The van der Waals surface area contributed by atoms with E-state index in [0.29, 0.717) is 6.04 Å². The van der Waals surface area contributed by atoms with Crippen molar-refractivity contribution < 1.29 is 4.39 Å². The highest BCUT2D eigenvalue weighted by atomic mass is 32.1. The molecule has 2 nitrogen and oxygen atoms in total. The molecule has 0 atom stereocenters. The first-order valence-corrected chi connectivity index (χ1v) is 8.13. The second-order valence-electron chi connectivity index (χ2n) is 5.44. The highest BCUT2D eigenvalue weighted by Crippen LogP contribution is 2.36. The number of thiophene rings is 1. The maximum absolute atomic E-state index is 14.2. The van der Waals surface area contributed by atoms with Crippen LogP contribution in [0.3, 0.4) is 0 Å². The van der Waals surface area contributed by atoms with Gasteiger partial charge in [-0.3, -0.25) is 4.90 Å². The van der Waals surface area contributed by atoms with E-state index in [1.54, 1.807) is 23.5 Å². The standard InChI is InChI=1S/C16H21FN2S/c1-3-19(11-7-8-11)10-12-15(9-18-2)20-14-6-4-5-13(17)16(12)14/h4-6,11,18H,3,7-10H2,1-2H3. The second kappa shape index (κ2) is 5.80. The molecule has 0 amide bonds. The number of rotatable bonds is 6. The summed E-state index contributed by atoms with van der Waals surface area (Å²) < 4.78 is 15.3. The average Bonchev–Trinajstić information content (AvgIpc) is 3.21. The van der Waals surface area contributed by atoms with Gasteiger partial charge in [-0.2, -0.15) is 0 Å². The lowest BCUT2D eigenvalue weighted by atomic mass is 10.1. The van der Waals surface area contributed by atoms with Gasteiger partial charge >= 0.3 is 0 Å². The number of benzene rings is 1. The van der Waals surface area contributed by atoms with Gasteiger partial charge < -0.3 is 5.32 Å². The zero-order chi connectivity index (χ0) is 14.1. The maximum atomic E-state index is 14.2. The topological polar surface area (TPSA) is 15.3 Å². The molecule has 1 aromatic heterocycles. The van der Waals surface area contributed by atoms with Crippen LogP contribution in [0.1, 0.15) is 30.2 Å². The molecule has 108 valence electrons. The van der Waals surface area contributed by atoms with Crippen LogP contribution in [0.5, 0.6) is 0 Å². The van der Waals surface area contributed by atoms with Crippen molar-refractivity contribution in [3.05, 3.63) is 34.5 Å². The zero-order valence-corrected chi connectivity index (χ0v) is 12.9. The molecule has 1 aliphatic carbocycles.